The van der Waals surface area contributed by atoms with Gasteiger partial charge < -0.3 is 15.0 Å². The van der Waals surface area contributed by atoms with Crippen molar-refractivity contribution >= 4 is 28.8 Å². The van der Waals surface area contributed by atoms with Gasteiger partial charge in [-0.25, -0.2) is 0 Å². The maximum atomic E-state index is 11.9. The minimum atomic E-state index is -0.121. The first-order valence-corrected chi connectivity index (χ1v) is 7.73. The first-order chi connectivity index (χ1) is 10.6. The Balaban J connectivity index is 1.97. The third kappa shape index (κ3) is 4.08. The summed E-state index contributed by atoms with van der Waals surface area (Å²) in [6.45, 7) is 2.29. The number of ether oxygens (including phenoxy) is 1. The number of amides is 2. The highest BCUT2D eigenvalue weighted by Crippen LogP contribution is 2.20. The Morgan fingerprint density at radius 1 is 1.27 bits per heavy atom. The summed E-state index contributed by atoms with van der Waals surface area (Å²) in [6.07, 6.45) is 0. The molecule has 0 spiro atoms. The van der Waals surface area contributed by atoms with Gasteiger partial charge in [-0.3, -0.25) is 9.59 Å². The minimum absolute atomic E-state index is 0.0846. The van der Waals surface area contributed by atoms with Crippen molar-refractivity contribution < 1.29 is 14.3 Å². The normalized spacial score (nSPS) is 10.1. The summed E-state index contributed by atoms with van der Waals surface area (Å²) in [5, 5.41) is 4.67. The topological polar surface area (TPSA) is 58.6 Å². The number of nitrogens with one attached hydrogen (secondary N) is 1. The number of anilines is 1. The van der Waals surface area contributed by atoms with Crippen LogP contribution in [0, 0.1) is 0 Å². The van der Waals surface area contributed by atoms with Crippen LogP contribution < -0.4 is 15.0 Å². The molecule has 1 aromatic carbocycles. The molecule has 22 heavy (non-hydrogen) atoms. The first kappa shape index (κ1) is 16.0. The molecule has 0 saturated heterocycles. The average Bonchev–Trinajstić information content (AvgIpc) is 3.05. The van der Waals surface area contributed by atoms with E-state index in [-0.39, 0.29) is 11.8 Å². The van der Waals surface area contributed by atoms with Crippen LogP contribution in [0.3, 0.4) is 0 Å². The zero-order valence-electron chi connectivity index (χ0n) is 12.5. The van der Waals surface area contributed by atoms with Crippen molar-refractivity contribution in [2.75, 3.05) is 25.1 Å². The van der Waals surface area contributed by atoms with Crippen LogP contribution >= 0.6 is 11.3 Å². The molecule has 2 rings (SSSR count). The highest BCUT2D eigenvalue weighted by Gasteiger charge is 2.13. The molecular weight excluding hydrogens is 300 g/mol. The molecular formula is C16H18N2O3S. The molecule has 1 aromatic heterocycles. The molecule has 0 fully saturated rings. The minimum Gasteiger partial charge on any atom is -0.497 e. The van der Waals surface area contributed by atoms with Crippen molar-refractivity contribution in [1.82, 2.24) is 5.32 Å². The lowest BCUT2D eigenvalue weighted by atomic mass is 10.2. The zero-order chi connectivity index (χ0) is 15.9. The number of carbonyl (C=O) groups excluding carboxylic acids is 2. The van der Waals surface area contributed by atoms with Gasteiger partial charge in [0.1, 0.15) is 5.75 Å². The van der Waals surface area contributed by atoms with Crippen molar-refractivity contribution in [3.8, 4) is 5.75 Å². The molecule has 5 nitrogen and oxygen atoms in total. The van der Waals surface area contributed by atoms with Gasteiger partial charge in [-0.15, -0.1) is 11.3 Å². The first-order valence-electron chi connectivity index (χ1n) is 6.85. The van der Waals surface area contributed by atoms with Crippen LogP contribution in [-0.2, 0) is 4.79 Å². The lowest BCUT2D eigenvalue weighted by Crippen LogP contribution is -2.37. The smallest absolute Gasteiger partial charge is 0.261 e. The molecule has 0 aliphatic carbocycles. The second kappa shape index (κ2) is 7.61. The second-order valence-electron chi connectivity index (χ2n) is 4.61. The number of benzene rings is 1. The third-order valence-corrected chi connectivity index (χ3v) is 3.98. The fourth-order valence-corrected chi connectivity index (χ4v) is 2.66. The van der Waals surface area contributed by atoms with Crippen LogP contribution in [-0.4, -0.2) is 32.0 Å². The van der Waals surface area contributed by atoms with E-state index in [2.05, 4.69) is 5.32 Å². The fourth-order valence-electron chi connectivity index (χ4n) is 2.02. The number of methoxy groups -OCH3 is 1. The third-order valence-electron chi connectivity index (χ3n) is 3.11. The molecule has 0 saturated carbocycles. The highest BCUT2D eigenvalue weighted by molar-refractivity contribution is 7.12. The molecule has 116 valence electrons. The lowest BCUT2D eigenvalue weighted by Gasteiger charge is -2.21. The molecule has 0 aliphatic rings. The number of thiophene rings is 1. The molecule has 1 heterocycles. The summed E-state index contributed by atoms with van der Waals surface area (Å²) in [7, 11) is 1.58. The van der Waals surface area contributed by atoms with E-state index in [0.29, 0.717) is 23.7 Å². The quantitative estimate of drug-likeness (QED) is 0.890. The van der Waals surface area contributed by atoms with Gasteiger partial charge in [-0.2, -0.15) is 0 Å². The van der Waals surface area contributed by atoms with E-state index < -0.39 is 0 Å². The second-order valence-corrected chi connectivity index (χ2v) is 5.55. The molecule has 0 bridgehead atoms. The number of nitrogens with zero attached hydrogens (tertiary/aromatic N) is 1. The summed E-state index contributed by atoms with van der Waals surface area (Å²) in [4.78, 5) is 26.0. The van der Waals surface area contributed by atoms with E-state index in [0.717, 1.165) is 5.69 Å². The number of hydrogen-bond acceptors (Lipinski definition) is 4. The number of hydrogen-bond donors (Lipinski definition) is 1. The van der Waals surface area contributed by atoms with E-state index in [1.54, 1.807) is 24.1 Å². The Morgan fingerprint density at radius 2 is 2.09 bits per heavy atom. The molecule has 1 N–H and O–H groups in total. The maximum absolute atomic E-state index is 11.9. The van der Waals surface area contributed by atoms with Crippen LogP contribution in [0.5, 0.6) is 5.75 Å². The van der Waals surface area contributed by atoms with Crippen molar-refractivity contribution in [1.29, 1.82) is 0 Å². The molecule has 6 heteroatoms. The van der Waals surface area contributed by atoms with Crippen molar-refractivity contribution in [3.63, 3.8) is 0 Å². The van der Waals surface area contributed by atoms with Crippen LogP contribution in [0.25, 0.3) is 0 Å². The lowest BCUT2D eigenvalue weighted by molar-refractivity contribution is -0.116. The van der Waals surface area contributed by atoms with E-state index in [1.165, 1.54) is 18.3 Å². The summed E-state index contributed by atoms with van der Waals surface area (Å²) in [5.41, 5.74) is 0.747. The summed E-state index contributed by atoms with van der Waals surface area (Å²) >= 11 is 1.39. The van der Waals surface area contributed by atoms with Gasteiger partial charge in [0.15, 0.2) is 0 Å². The summed E-state index contributed by atoms with van der Waals surface area (Å²) in [6, 6.07) is 10.9. The molecule has 0 atom stereocenters. The Morgan fingerprint density at radius 3 is 2.73 bits per heavy atom. The predicted octanol–water partition coefficient (Wildman–Crippen LogP) is 2.54. The molecule has 2 amide bonds. The maximum Gasteiger partial charge on any atom is 0.261 e. The Bertz CT molecular complexity index is 641. The van der Waals surface area contributed by atoms with Crippen molar-refractivity contribution in [2.24, 2.45) is 0 Å². The van der Waals surface area contributed by atoms with Crippen molar-refractivity contribution in [2.45, 2.75) is 6.92 Å². The number of rotatable bonds is 6. The van der Waals surface area contributed by atoms with Gasteiger partial charge >= 0.3 is 0 Å². The summed E-state index contributed by atoms with van der Waals surface area (Å²) in [5.74, 6) is 0.481. The van der Waals surface area contributed by atoms with Gasteiger partial charge in [0, 0.05) is 31.8 Å². The van der Waals surface area contributed by atoms with Crippen LogP contribution in [0.1, 0.15) is 16.6 Å². The highest BCUT2D eigenvalue weighted by atomic mass is 32.1. The Hall–Kier alpha value is -2.34. The van der Waals surface area contributed by atoms with Crippen LogP contribution in [0.4, 0.5) is 5.69 Å². The van der Waals surface area contributed by atoms with Crippen LogP contribution in [0.2, 0.25) is 0 Å². The van der Waals surface area contributed by atoms with Gasteiger partial charge in [0.2, 0.25) is 5.91 Å². The molecule has 0 aliphatic heterocycles. The average molecular weight is 318 g/mol. The van der Waals surface area contributed by atoms with Gasteiger partial charge in [0.25, 0.3) is 5.91 Å². The van der Waals surface area contributed by atoms with Gasteiger partial charge in [-0.05, 0) is 23.6 Å². The number of carbonyl (C=O) groups is 2. The predicted molar refractivity (Wildman–Crippen MR) is 87.7 cm³/mol. The Labute approximate surface area is 133 Å². The Kier molecular flexibility index (Phi) is 5.55. The molecule has 0 unspecified atom stereocenters. The van der Waals surface area contributed by atoms with E-state index in [1.807, 2.05) is 29.6 Å². The molecule has 2 aromatic rings. The van der Waals surface area contributed by atoms with E-state index in [4.69, 9.17) is 4.74 Å². The largest absolute Gasteiger partial charge is 0.497 e. The van der Waals surface area contributed by atoms with Gasteiger partial charge in [0.05, 0.1) is 12.0 Å². The van der Waals surface area contributed by atoms with E-state index >= 15 is 0 Å². The van der Waals surface area contributed by atoms with E-state index in [9.17, 15) is 9.59 Å². The summed E-state index contributed by atoms with van der Waals surface area (Å²) < 4.78 is 5.17. The standard InChI is InChI=1S/C16H18N2O3S/c1-12(19)18(13-5-3-6-14(11-13)21-2)9-8-17-16(20)15-7-4-10-22-15/h3-7,10-11H,8-9H2,1-2H3,(H,17,20). The van der Waals surface area contributed by atoms with Crippen LogP contribution in [0.15, 0.2) is 41.8 Å². The fraction of sp³-hybridized carbons (Fsp3) is 0.250. The monoisotopic (exact) mass is 318 g/mol. The SMILES string of the molecule is COc1cccc(N(CCNC(=O)c2cccs2)C(C)=O)c1. The van der Waals surface area contributed by atoms with Gasteiger partial charge in [-0.1, -0.05) is 12.1 Å². The zero-order valence-corrected chi connectivity index (χ0v) is 13.4. The molecule has 0 radical (unpaired) electrons. The van der Waals surface area contributed by atoms with Crippen molar-refractivity contribution in [3.05, 3.63) is 46.7 Å².